The van der Waals surface area contributed by atoms with Crippen molar-refractivity contribution in [3.8, 4) is 67.5 Å². The molecule has 2 aromatic heterocycles. The normalized spacial score (nSPS) is 14.2. The summed E-state index contributed by atoms with van der Waals surface area (Å²) in [5.41, 5.74) is 12.0. The molecule has 0 unspecified atom stereocenters. The maximum absolute atomic E-state index is 12.5. The molecule has 0 atom stereocenters. The quantitative estimate of drug-likeness (QED) is 0.169. The molecule has 0 aliphatic carbocycles. The van der Waals surface area contributed by atoms with Gasteiger partial charge in [-0.05, 0) is 105 Å². The number of aromatic nitrogens is 3. The van der Waals surface area contributed by atoms with Crippen LogP contribution in [0.25, 0.3) is 72.7 Å². The minimum absolute atomic E-state index is 0. The van der Waals surface area contributed by atoms with E-state index in [4.69, 9.17) is 18.2 Å². The van der Waals surface area contributed by atoms with E-state index in [1.54, 1.807) is 24.4 Å². The maximum atomic E-state index is 12.5. The smallest absolute Gasteiger partial charge is 0.148 e. The van der Waals surface area contributed by atoms with Crippen molar-refractivity contribution in [1.82, 2.24) is 14.5 Å². The van der Waals surface area contributed by atoms with Crippen LogP contribution >= 0.6 is 0 Å². The molecule has 0 radical (unpaired) electrons. The van der Waals surface area contributed by atoms with Crippen molar-refractivity contribution in [2.75, 3.05) is 0 Å². The Bertz CT molecular complexity index is 3270. The van der Waals surface area contributed by atoms with E-state index in [2.05, 4.69) is 132 Å². The molecule has 0 aliphatic heterocycles. The van der Waals surface area contributed by atoms with Crippen LogP contribution in [0.5, 0.6) is 5.75 Å². The van der Waals surface area contributed by atoms with Crippen LogP contribution in [0.15, 0.2) is 128 Å². The zero-order valence-corrected chi connectivity index (χ0v) is 42.0. The van der Waals surface area contributed by atoms with E-state index in [1.807, 2.05) is 65.2 Å². The first-order chi connectivity index (χ1) is 32.4. The fraction of sp³-hybridized carbons (Fsp3) is 0.300. The van der Waals surface area contributed by atoms with E-state index in [-0.39, 0.29) is 54.2 Å². The van der Waals surface area contributed by atoms with Gasteiger partial charge in [0.25, 0.3) is 0 Å². The van der Waals surface area contributed by atoms with Crippen molar-refractivity contribution in [1.29, 1.82) is 0 Å². The number of para-hydroxylation sites is 1. The van der Waals surface area contributed by atoms with Gasteiger partial charge in [-0.25, -0.2) is 4.98 Å². The first-order valence-corrected chi connectivity index (χ1v) is 22.2. The Kier molecular flexibility index (Phi) is 10.6. The summed E-state index contributed by atoms with van der Waals surface area (Å²) < 4.78 is 52.6. The van der Waals surface area contributed by atoms with Gasteiger partial charge in [0.15, 0.2) is 0 Å². The number of aryl methyl sites for hydroxylation is 2. The molecule has 5 heteroatoms. The van der Waals surface area contributed by atoms with E-state index in [0.717, 1.165) is 55.6 Å². The SMILES string of the molecule is [2H]C([2H])([2H])c1ccc(-c2ccnc(-c3[c-]c(-c4cccc5c4nc(-c4cc(C(C)(C)C)cc(C(C)(C)C)c4O)n5-c4ccc(-c5ccc(C(C)(C)C)cc5)cc4C([2H])([2H])[2H])cc(C(C)(C)C)c3)c2)cc1.[Pt]. The molecule has 2 heterocycles. The molecule has 0 saturated carbocycles. The summed E-state index contributed by atoms with van der Waals surface area (Å²) in [5.74, 6) is 0.502. The number of aromatic hydroxyl groups is 1. The number of phenolic OH excluding ortho intramolecular Hbond substituents is 1. The fourth-order valence-corrected chi connectivity index (χ4v) is 8.33. The van der Waals surface area contributed by atoms with Gasteiger partial charge in [-0.2, -0.15) is 0 Å². The van der Waals surface area contributed by atoms with Crippen LogP contribution in [0.3, 0.4) is 0 Å². The van der Waals surface area contributed by atoms with Crippen LogP contribution in [0.1, 0.15) is 125 Å². The molecule has 0 aliphatic rings. The average molecular weight is 1040 g/mol. The Labute approximate surface area is 410 Å². The number of phenols is 1. The number of nitrogens with zero attached hydrogens (tertiary/aromatic N) is 3. The molecule has 0 fully saturated rings. The largest absolute Gasteiger partial charge is 0.507 e. The number of hydrogen-bond donors (Lipinski definition) is 1. The predicted molar refractivity (Wildman–Crippen MR) is 271 cm³/mol. The van der Waals surface area contributed by atoms with Crippen LogP contribution in [0.4, 0.5) is 0 Å². The Morgan fingerprint density at radius 3 is 1.77 bits per heavy atom. The van der Waals surface area contributed by atoms with Gasteiger partial charge in [-0.3, -0.25) is 9.55 Å². The number of pyridine rings is 1. The number of fused-ring (bicyclic) bond motifs is 1. The molecule has 4 nitrogen and oxygen atoms in total. The summed E-state index contributed by atoms with van der Waals surface area (Å²) in [5, 5.41) is 12.5. The zero-order chi connectivity index (χ0) is 51.1. The Balaban J connectivity index is 0.00000741. The van der Waals surface area contributed by atoms with Crippen molar-refractivity contribution in [3.05, 3.63) is 167 Å². The Hall–Kier alpha value is -5.57. The van der Waals surface area contributed by atoms with Gasteiger partial charge in [0.2, 0.25) is 0 Å². The molecule has 8 rings (SSSR count). The van der Waals surface area contributed by atoms with E-state index >= 15 is 0 Å². The van der Waals surface area contributed by atoms with Crippen LogP contribution in [-0.4, -0.2) is 19.6 Å². The van der Waals surface area contributed by atoms with Crippen molar-refractivity contribution in [3.63, 3.8) is 0 Å². The molecule has 1 N–H and O–H groups in total. The third kappa shape index (κ3) is 9.57. The van der Waals surface area contributed by atoms with Crippen LogP contribution in [0.2, 0.25) is 0 Å². The number of rotatable bonds is 6. The average Bonchev–Trinajstić information content (AvgIpc) is 3.66. The molecule has 65 heavy (non-hydrogen) atoms. The van der Waals surface area contributed by atoms with Gasteiger partial charge in [0.05, 0.1) is 22.3 Å². The minimum Gasteiger partial charge on any atom is -0.507 e. The van der Waals surface area contributed by atoms with Gasteiger partial charge in [0, 0.05) is 46.7 Å². The third-order valence-corrected chi connectivity index (χ3v) is 12.3. The Morgan fingerprint density at radius 1 is 0.554 bits per heavy atom. The first kappa shape index (κ1) is 39.8. The number of imidazole rings is 1. The minimum atomic E-state index is -2.53. The van der Waals surface area contributed by atoms with Crippen molar-refractivity contribution in [2.45, 2.75) is 118 Å². The van der Waals surface area contributed by atoms with Crippen LogP contribution in [-0.2, 0) is 42.7 Å². The van der Waals surface area contributed by atoms with Gasteiger partial charge in [0.1, 0.15) is 11.6 Å². The van der Waals surface area contributed by atoms with E-state index in [9.17, 15) is 5.11 Å². The van der Waals surface area contributed by atoms with Gasteiger partial charge in [-0.15, -0.1) is 29.3 Å². The standard InChI is InChI=1S/C60H64N3O.Pt/c1-37-18-20-39(21-19-37)42-28-29-61-51(34-42)44-31-43(32-46(33-44)58(6,7)8)48-16-15-17-53-54(48)62-56(49-35-47(59(9,10)11)36-50(55(49)64)60(12,13)14)63(53)52-27-24-41(30-38(52)2)40-22-25-45(26-23-40)57(3,4)5;/h15-30,32-36,64H,1-14H3;/q-1;/i1D3,2D3;. The molecule has 336 valence electrons. The van der Waals surface area contributed by atoms with Crippen LogP contribution < -0.4 is 0 Å². The monoisotopic (exact) mass is 1040 g/mol. The summed E-state index contributed by atoms with van der Waals surface area (Å²) in [6, 6.07) is 42.8. The topological polar surface area (TPSA) is 50.9 Å². The molecule has 0 amide bonds. The summed E-state index contributed by atoms with van der Waals surface area (Å²) >= 11 is 0. The molecule has 0 saturated heterocycles. The zero-order valence-electron chi connectivity index (χ0n) is 45.7. The maximum Gasteiger partial charge on any atom is 0.148 e. The third-order valence-electron chi connectivity index (χ3n) is 12.3. The van der Waals surface area contributed by atoms with Gasteiger partial charge >= 0.3 is 0 Å². The summed E-state index contributed by atoms with van der Waals surface area (Å²) in [7, 11) is 0. The van der Waals surface area contributed by atoms with Gasteiger partial charge in [-0.1, -0.05) is 179 Å². The van der Waals surface area contributed by atoms with E-state index < -0.39 is 19.1 Å². The molecule has 0 spiro atoms. The summed E-state index contributed by atoms with van der Waals surface area (Å²) in [6.07, 6.45) is 1.76. The molecular formula is C60H64N3OPt-. The summed E-state index contributed by atoms with van der Waals surface area (Å²) in [4.78, 5) is 10.3. The fourth-order valence-electron chi connectivity index (χ4n) is 8.33. The summed E-state index contributed by atoms with van der Waals surface area (Å²) in [6.45, 7) is 20.9. The van der Waals surface area contributed by atoms with Gasteiger partial charge < -0.3 is 5.11 Å². The predicted octanol–water partition coefficient (Wildman–Crippen LogP) is 16.1. The molecular weight excluding hydrogens is 974 g/mol. The van der Waals surface area contributed by atoms with E-state index in [0.29, 0.717) is 33.8 Å². The molecule has 6 aromatic carbocycles. The van der Waals surface area contributed by atoms with E-state index in [1.165, 1.54) is 5.56 Å². The van der Waals surface area contributed by atoms with Crippen LogP contribution in [0, 0.1) is 19.8 Å². The Morgan fingerprint density at radius 2 is 1.15 bits per heavy atom. The second-order valence-electron chi connectivity index (χ2n) is 21.4. The second kappa shape index (κ2) is 17.3. The first-order valence-electron chi connectivity index (χ1n) is 25.2. The molecule has 0 bridgehead atoms. The number of benzene rings is 6. The van der Waals surface area contributed by atoms with Crippen molar-refractivity contribution < 1.29 is 34.4 Å². The number of hydrogen-bond acceptors (Lipinski definition) is 3. The second-order valence-corrected chi connectivity index (χ2v) is 21.4. The van der Waals surface area contributed by atoms with Crippen molar-refractivity contribution >= 4 is 11.0 Å². The molecule has 8 aromatic rings. The van der Waals surface area contributed by atoms with Crippen molar-refractivity contribution in [2.24, 2.45) is 0 Å².